The lowest BCUT2D eigenvalue weighted by Crippen LogP contribution is -2.53. The first kappa shape index (κ1) is 24.8. The molecule has 0 heterocycles. The fourth-order valence-corrected chi connectivity index (χ4v) is 5.19. The van der Waals surface area contributed by atoms with E-state index in [9.17, 15) is 19.5 Å². The number of aliphatic carboxylic acids is 1. The molecule has 0 unspecified atom stereocenters. The lowest BCUT2D eigenvalue weighted by Gasteiger charge is -2.37. The number of carbonyl (C=O) groups excluding carboxylic acids is 2. The van der Waals surface area contributed by atoms with Crippen LogP contribution in [0, 0.1) is 5.41 Å². The van der Waals surface area contributed by atoms with Crippen molar-refractivity contribution in [1.29, 1.82) is 0 Å². The van der Waals surface area contributed by atoms with Gasteiger partial charge in [-0.25, -0.2) is 4.79 Å². The fourth-order valence-electron chi connectivity index (χ4n) is 5.19. The molecule has 7 nitrogen and oxygen atoms in total. The largest absolute Gasteiger partial charge is 0.481 e. The van der Waals surface area contributed by atoms with Gasteiger partial charge in [-0.15, -0.1) is 0 Å². The quantitative estimate of drug-likeness (QED) is 0.503. The summed E-state index contributed by atoms with van der Waals surface area (Å²) in [6.45, 7) is 3.39. The number of carbonyl (C=O) groups is 3. The zero-order valence-electron chi connectivity index (χ0n) is 20.4. The number of amides is 2. The molecular formula is C28H34N2O5. The predicted molar refractivity (Wildman–Crippen MR) is 133 cm³/mol. The summed E-state index contributed by atoms with van der Waals surface area (Å²) in [5, 5.41) is 15.0. The van der Waals surface area contributed by atoms with Crippen LogP contribution >= 0.6 is 0 Å². The monoisotopic (exact) mass is 478 g/mol. The van der Waals surface area contributed by atoms with Crippen LogP contribution in [-0.4, -0.2) is 41.8 Å². The van der Waals surface area contributed by atoms with Crippen LogP contribution in [0.2, 0.25) is 0 Å². The van der Waals surface area contributed by atoms with Gasteiger partial charge < -0.3 is 20.5 Å². The van der Waals surface area contributed by atoms with Crippen molar-refractivity contribution in [3.05, 3.63) is 59.7 Å². The lowest BCUT2D eigenvalue weighted by molar-refractivity contribution is -0.146. The average Bonchev–Trinajstić information content (AvgIpc) is 3.15. The number of fused-ring (bicyclic) bond motifs is 3. The summed E-state index contributed by atoms with van der Waals surface area (Å²) in [6, 6.07) is 16.4. The lowest BCUT2D eigenvalue weighted by atomic mass is 9.79. The minimum absolute atomic E-state index is 0.0300. The molecule has 0 bridgehead atoms. The number of nitrogens with one attached hydrogen (secondary N) is 2. The third kappa shape index (κ3) is 5.50. The van der Waals surface area contributed by atoms with E-state index < -0.39 is 23.0 Å². The van der Waals surface area contributed by atoms with E-state index in [-0.39, 0.29) is 31.4 Å². The molecule has 0 spiro atoms. The van der Waals surface area contributed by atoms with Crippen LogP contribution in [-0.2, 0) is 14.3 Å². The van der Waals surface area contributed by atoms with Gasteiger partial charge in [0.2, 0.25) is 5.91 Å². The molecule has 0 saturated heterocycles. The number of hydrogen-bond donors (Lipinski definition) is 3. The van der Waals surface area contributed by atoms with Crippen LogP contribution in [0.3, 0.4) is 0 Å². The van der Waals surface area contributed by atoms with Crippen LogP contribution in [0.15, 0.2) is 48.5 Å². The first-order valence-electron chi connectivity index (χ1n) is 12.3. The summed E-state index contributed by atoms with van der Waals surface area (Å²) in [4.78, 5) is 37.0. The zero-order valence-corrected chi connectivity index (χ0v) is 20.4. The Labute approximate surface area is 206 Å². The van der Waals surface area contributed by atoms with Crippen LogP contribution in [0.5, 0.6) is 0 Å². The SMILES string of the molecule is CC(C)(CNC(=O)CC1(NC(=O)OCC2c3ccccc3-c3ccccc32)CCCCC1)C(=O)O. The van der Waals surface area contributed by atoms with Gasteiger partial charge in [0.25, 0.3) is 0 Å². The van der Waals surface area contributed by atoms with Gasteiger partial charge in [0, 0.05) is 18.9 Å². The van der Waals surface area contributed by atoms with Crippen molar-refractivity contribution in [3.63, 3.8) is 0 Å². The Morgan fingerprint density at radius 2 is 1.54 bits per heavy atom. The Kier molecular flexibility index (Phi) is 7.15. The molecule has 0 aliphatic heterocycles. The summed E-state index contributed by atoms with van der Waals surface area (Å²) < 4.78 is 5.74. The van der Waals surface area contributed by atoms with E-state index in [1.165, 1.54) is 11.1 Å². The molecule has 2 aliphatic rings. The predicted octanol–water partition coefficient (Wildman–Crippen LogP) is 4.85. The van der Waals surface area contributed by atoms with E-state index in [1.807, 2.05) is 24.3 Å². The highest BCUT2D eigenvalue weighted by molar-refractivity contribution is 5.81. The molecule has 0 aromatic heterocycles. The van der Waals surface area contributed by atoms with Crippen molar-refractivity contribution in [2.24, 2.45) is 5.41 Å². The number of carboxylic acids is 1. The van der Waals surface area contributed by atoms with Crippen molar-refractivity contribution in [3.8, 4) is 11.1 Å². The van der Waals surface area contributed by atoms with Crippen molar-refractivity contribution in [2.75, 3.05) is 13.2 Å². The van der Waals surface area contributed by atoms with Crippen LogP contribution in [0.4, 0.5) is 4.79 Å². The minimum atomic E-state index is -1.06. The summed E-state index contributed by atoms with van der Waals surface area (Å²) in [5.74, 6) is -1.26. The van der Waals surface area contributed by atoms with Crippen molar-refractivity contribution in [2.45, 2.75) is 63.8 Å². The Balaban J connectivity index is 1.40. The smallest absolute Gasteiger partial charge is 0.407 e. The highest BCUT2D eigenvalue weighted by atomic mass is 16.5. The maximum atomic E-state index is 12.9. The van der Waals surface area contributed by atoms with Gasteiger partial charge in [-0.05, 0) is 48.9 Å². The topological polar surface area (TPSA) is 105 Å². The first-order valence-corrected chi connectivity index (χ1v) is 12.3. The molecule has 1 fully saturated rings. The van der Waals surface area contributed by atoms with Crippen LogP contribution < -0.4 is 10.6 Å². The molecule has 3 N–H and O–H groups in total. The fraction of sp³-hybridized carbons (Fsp3) is 0.464. The second-order valence-electron chi connectivity index (χ2n) is 10.4. The van der Waals surface area contributed by atoms with Crippen molar-refractivity contribution in [1.82, 2.24) is 10.6 Å². The minimum Gasteiger partial charge on any atom is -0.481 e. The maximum Gasteiger partial charge on any atom is 0.407 e. The molecule has 186 valence electrons. The Morgan fingerprint density at radius 1 is 0.971 bits per heavy atom. The van der Waals surface area contributed by atoms with Gasteiger partial charge in [-0.1, -0.05) is 67.8 Å². The molecule has 2 amide bonds. The summed E-state index contributed by atoms with van der Waals surface area (Å²) >= 11 is 0. The molecule has 4 rings (SSSR count). The highest BCUT2D eigenvalue weighted by Crippen LogP contribution is 2.44. The molecule has 1 saturated carbocycles. The third-order valence-corrected chi connectivity index (χ3v) is 7.33. The average molecular weight is 479 g/mol. The summed E-state index contributed by atoms with van der Waals surface area (Å²) in [6.07, 6.45) is 3.84. The van der Waals surface area contributed by atoms with E-state index in [0.717, 1.165) is 30.4 Å². The van der Waals surface area contributed by atoms with Gasteiger partial charge >= 0.3 is 12.1 Å². The molecule has 2 aliphatic carbocycles. The molecule has 2 aromatic carbocycles. The Hall–Kier alpha value is -3.35. The number of ether oxygens (including phenoxy) is 1. The van der Waals surface area contributed by atoms with E-state index in [0.29, 0.717) is 12.8 Å². The molecule has 35 heavy (non-hydrogen) atoms. The van der Waals surface area contributed by atoms with E-state index in [4.69, 9.17) is 4.74 Å². The van der Waals surface area contributed by atoms with Gasteiger partial charge in [-0.2, -0.15) is 0 Å². The van der Waals surface area contributed by atoms with Crippen LogP contribution in [0.1, 0.15) is 69.4 Å². The number of rotatable bonds is 8. The second-order valence-corrected chi connectivity index (χ2v) is 10.4. The van der Waals surface area contributed by atoms with E-state index >= 15 is 0 Å². The maximum absolute atomic E-state index is 12.9. The number of carboxylic acid groups (broad SMARTS) is 1. The molecule has 2 aromatic rings. The zero-order chi connectivity index (χ0) is 25.1. The van der Waals surface area contributed by atoms with Gasteiger partial charge in [-0.3, -0.25) is 9.59 Å². The van der Waals surface area contributed by atoms with E-state index in [2.05, 4.69) is 34.9 Å². The molecule has 7 heteroatoms. The Bertz CT molecular complexity index is 1060. The van der Waals surface area contributed by atoms with Crippen molar-refractivity contribution >= 4 is 18.0 Å². The molecule has 0 radical (unpaired) electrons. The first-order chi connectivity index (χ1) is 16.7. The number of hydrogen-bond acceptors (Lipinski definition) is 4. The van der Waals surface area contributed by atoms with Crippen molar-refractivity contribution < 1.29 is 24.2 Å². The van der Waals surface area contributed by atoms with E-state index in [1.54, 1.807) is 13.8 Å². The summed E-state index contributed by atoms with van der Waals surface area (Å²) in [5.41, 5.74) is 2.89. The normalized spacial score (nSPS) is 16.6. The van der Waals surface area contributed by atoms with Gasteiger partial charge in [0.05, 0.1) is 11.0 Å². The third-order valence-electron chi connectivity index (χ3n) is 7.33. The standard InChI is InChI=1S/C28H34N2O5/c1-27(2,25(32)33)18-29-24(31)16-28(14-8-3-9-15-28)30-26(34)35-17-23-21-12-6-4-10-19(21)20-11-5-7-13-22(20)23/h4-7,10-13,23H,3,8-9,14-18H2,1-2H3,(H,29,31)(H,30,34)(H,32,33). The number of alkyl carbamates (subject to hydrolysis) is 1. The Morgan fingerprint density at radius 3 is 2.11 bits per heavy atom. The second kappa shape index (κ2) is 10.1. The molecule has 0 atom stereocenters. The summed E-state index contributed by atoms with van der Waals surface area (Å²) in [7, 11) is 0. The number of benzene rings is 2. The van der Waals surface area contributed by atoms with Gasteiger partial charge in [0.15, 0.2) is 0 Å². The molecular weight excluding hydrogens is 444 g/mol. The van der Waals surface area contributed by atoms with Crippen LogP contribution in [0.25, 0.3) is 11.1 Å². The van der Waals surface area contributed by atoms with Gasteiger partial charge in [0.1, 0.15) is 6.61 Å². The highest BCUT2D eigenvalue weighted by Gasteiger charge is 2.38.